The number of hydrogen-bond donors (Lipinski definition) is 1. The monoisotopic (exact) mass is 362 g/mol. The molecule has 0 unspecified atom stereocenters. The summed E-state index contributed by atoms with van der Waals surface area (Å²) >= 11 is 4.74. The molecule has 1 heterocycles. The smallest absolute Gasteiger partial charge is 0.176 e. The van der Waals surface area contributed by atoms with E-state index in [0.29, 0.717) is 20.7 Å². The van der Waals surface area contributed by atoms with E-state index in [2.05, 4.69) is 21.1 Å². The van der Waals surface area contributed by atoms with Crippen molar-refractivity contribution in [1.29, 1.82) is 0 Å². The van der Waals surface area contributed by atoms with E-state index in [1.54, 1.807) is 18.2 Å². The Balaban J connectivity index is 2.70. The van der Waals surface area contributed by atoms with E-state index in [0.717, 1.165) is 0 Å². The zero-order chi connectivity index (χ0) is 14.2. The van der Waals surface area contributed by atoms with Gasteiger partial charge in [0, 0.05) is 27.3 Å². The van der Waals surface area contributed by atoms with Crippen molar-refractivity contribution < 1.29 is 12.9 Å². The minimum atomic E-state index is -3.34. The predicted molar refractivity (Wildman–Crippen MR) is 78.9 cm³/mol. The third-order valence-corrected chi connectivity index (χ3v) is 5.41. The minimum absolute atomic E-state index is 0.249. The van der Waals surface area contributed by atoms with Gasteiger partial charge in [0.1, 0.15) is 0 Å². The molecule has 0 spiro atoms. The second kappa shape index (κ2) is 5.18. The van der Waals surface area contributed by atoms with Crippen LogP contribution in [-0.4, -0.2) is 26.1 Å². The summed E-state index contributed by atoms with van der Waals surface area (Å²) in [5.74, 6) is 0.678. The lowest BCUT2D eigenvalue weighted by Gasteiger charge is -2.09. The van der Waals surface area contributed by atoms with Crippen molar-refractivity contribution in [2.45, 2.75) is 9.79 Å². The molecule has 0 aliphatic rings. The molecule has 0 fully saturated rings. The van der Waals surface area contributed by atoms with Crippen LogP contribution in [0.5, 0.6) is 0 Å². The lowest BCUT2D eigenvalue weighted by Crippen LogP contribution is -2.00. The number of nitrogens with zero attached hydrogens (tertiary/aromatic N) is 1. The molecule has 0 radical (unpaired) electrons. The van der Waals surface area contributed by atoms with Crippen LogP contribution in [0.3, 0.4) is 0 Å². The van der Waals surface area contributed by atoms with Crippen molar-refractivity contribution in [2.24, 2.45) is 0 Å². The third kappa shape index (κ3) is 2.96. The highest BCUT2D eigenvalue weighted by molar-refractivity contribution is 9.10. The standard InChI is InChI=1S/C11H11BrN2O3S2/c1-18-11-7(12)3-6(4-9(11)19(2,15)16)8-5-10(13)14-17-8/h3-5H,1-2H3,(H2,13,14). The number of nitrogen functional groups attached to an aromatic ring is 1. The molecule has 0 bridgehead atoms. The van der Waals surface area contributed by atoms with Crippen LogP contribution in [0.1, 0.15) is 0 Å². The Kier molecular flexibility index (Phi) is 3.93. The number of nitrogens with two attached hydrogens (primary N) is 1. The van der Waals surface area contributed by atoms with Gasteiger partial charge in [-0.05, 0) is 34.3 Å². The van der Waals surface area contributed by atoms with Gasteiger partial charge in [-0.25, -0.2) is 8.42 Å². The highest BCUT2D eigenvalue weighted by Crippen LogP contribution is 2.37. The first-order chi connectivity index (χ1) is 8.82. The Morgan fingerprint density at radius 1 is 1.37 bits per heavy atom. The molecular weight excluding hydrogens is 352 g/mol. The Bertz CT molecular complexity index is 726. The fraction of sp³-hybridized carbons (Fsp3) is 0.182. The van der Waals surface area contributed by atoms with Crippen LogP contribution in [0.25, 0.3) is 11.3 Å². The summed E-state index contributed by atoms with van der Waals surface area (Å²) < 4.78 is 29.4. The number of hydrogen-bond acceptors (Lipinski definition) is 6. The molecule has 8 heteroatoms. The van der Waals surface area contributed by atoms with Gasteiger partial charge in [-0.3, -0.25) is 0 Å². The van der Waals surface area contributed by atoms with Crippen LogP contribution >= 0.6 is 27.7 Å². The Morgan fingerprint density at radius 2 is 2.05 bits per heavy atom. The van der Waals surface area contributed by atoms with Gasteiger partial charge in [0.2, 0.25) is 0 Å². The average molecular weight is 363 g/mol. The average Bonchev–Trinajstić information content (AvgIpc) is 2.73. The normalized spacial score (nSPS) is 11.7. The Morgan fingerprint density at radius 3 is 2.53 bits per heavy atom. The molecule has 2 aromatic rings. The molecule has 1 aromatic carbocycles. The second-order valence-corrected chi connectivity index (χ2v) is 7.53. The van der Waals surface area contributed by atoms with Gasteiger partial charge in [0.15, 0.2) is 21.4 Å². The van der Waals surface area contributed by atoms with E-state index >= 15 is 0 Å². The molecule has 1 aromatic heterocycles. The van der Waals surface area contributed by atoms with E-state index in [9.17, 15) is 8.42 Å². The van der Waals surface area contributed by atoms with Gasteiger partial charge < -0.3 is 10.3 Å². The van der Waals surface area contributed by atoms with E-state index in [1.807, 2.05) is 6.26 Å². The van der Waals surface area contributed by atoms with Crippen LogP contribution in [0.2, 0.25) is 0 Å². The zero-order valence-electron chi connectivity index (χ0n) is 10.2. The highest BCUT2D eigenvalue weighted by Gasteiger charge is 2.19. The fourth-order valence-corrected chi connectivity index (χ4v) is 4.69. The maximum atomic E-state index is 11.8. The third-order valence-electron chi connectivity index (χ3n) is 2.43. The SMILES string of the molecule is CSc1c(Br)cc(-c2cc(N)no2)cc1S(C)(=O)=O. The van der Waals surface area contributed by atoms with Crippen molar-refractivity contribution in [1.82, 2.24) is 5.16 Å². The van der Waals surface area contributed by atoms with Crippen LogP contribution in [0.4, 0.5) is 5.82 Å². The number of halogens is 1. The highest BCUT2D eigenvalue weighted by atomic mass is 79.9. The Hall–Kier alpha value is -0.990. The number of thioether (sulfide) groups is 1. The van der Waals surface area contributed by atoms with Crippen molar-refractivity contribution in [3.05, 3.63) is 22.7 Å². The van der Waals surface area contributed by atoms with E-state index in [-0.39, 0.29) is 10.7 Å². The van der Waals surface area contributed by atoms with E-state index in [4.69, 9.17) is 10.3 Å². The van der Waals surface area contributed by atoms with Crippen LogP contribution < -0.4 is 5.73 Å². The summed E-state index contributed by atoms with van der Waals surface area (Å²) in [4.78, 5) is 0.915. The van der Waals surface area contributed by atoms with E-state index < -0.39 is 9.84 Å². The number of aromatic nitrogens is 1. The summed E-state index contributed by atoms with van der Waals surface area (Å²) in [5.41, 5.74) is 6.10. The molecule has 102 valence electrons. The lowest BCUT2D eigenvalue weighted by atomic mass is 10.2. The molecule has 0 atom stereocenters. The summed E-state index contributed by atoms with van der Waals surface area (Å²) in [6, 6.07) is 4.89. The summed E-state index contributed by atoms with van der Waals surface area (Å²) in [7, 11) is -3.34. The quantitative estimate of drug-likeness (QED) is 0.844. The van der Waals surface area contributed by atoms with Crippen molar-refractivity contribution in [3.8, 4) is 11.3 Å². The maximum absolute atomic E-state index is 11.8. The summed E-state index contributed by atoms with van der Waals surface area (Å²) in [5, 5.41) is 3.59. The number of sulfone groups is 1. The van der Waals surface area contributed by atoms with Gasteiger partial charge in [-0.2, -0.15) is 0 Å². The van der Waals surface area contributed by atoms with E-state index in [1.165, 1.54) is 18.0 Å². The van der Waals surface area contributed by atoms with Crippen LogP contribution in [0.15, 0.2) is 37.0 Å². The number of anilines is 1. The second-order valence-electron chi connectivity index (χ2n) is 3.88. The van der Waals surface area contributed by atoms with Gasteiger partial charge >= 0.3 is 0 Å². The molecule has 19 heavy (non-hydrogen) atoms. The van der Waals surface area contributed by atoms with Gasteiger partial charge in [0.05, 0.1) is 4.90 Å². The fourth-order valence-electron chi connectivity index (χ4n) is 1.61. The van der Waals surface area contributed by atoms with Crippen molar-refractivity contribution in [2.75, 3.05) is 18.2 Å². The minimum Gasteiger partial charge on any atom is -0.381 e. The van der Waals surface area contributed by atoms with Crippen LogP contribution in [0, 0.1) is 0 Å². The summed E-state index contributed by atoms with van der Waals surface area (Å²) in [6.45, 7) is 0. The maximum Gasteiger partial charge on any atom is 0.176 e. The van der Waals surface area contributed by atoms with Gasteiger partial charge in [-0.15, -0.1) is 11.8 Å². The molecule has 0 aliphatic carbocycles. The first kappa shape index (κ1) is 14.4. The van der Waals surface area contributed by atoms with Gasteiger partial charge in [-0.1, -0.05) is 5.16 Å². The predicted octanol–water partition coefficient (Wildman–Crippen LogP) is 2.81. The first-order valence-corrected chi connectivity index (χ1v) is 9.04. The lowest BCUT2D eigenvalue weighted by molar-refractivity contribution is 0.435. The molecule has 0 saturated carbocycles. The molecule has 5 nitrogen and oxygen atoms in total. The van der Waals surface area contributed by atoms with Crippen molar-refractivity contribution >= 4 is 43.3 Å². The number of benzene rings is 1. The van der Waals surface area contributed by atoms with Crippen molar-refractivity contribution in [3.63, 3.8) is 0 Å². The largest absolute Gasteiger partial charge is 0.381 e. The first-order valence-electron chi connectivity index (χ1n) is 5.13. The number of rotatable bonds is 3. The topological polar surface area (TPSA) is 86.2 Å². The zero-order valence-corrected chi connectivity index (χ0v) is 13.4. The van der Waals surface area contributed by atoms with Crippen LogP contribution in [-0.2, 0) is 9.84 Å². The molecule has 0 aliphatic heterocycles. The van der Waals surface area contributed by atoms with Gasteiger partial charge in [0.25, 0.3) is 0 Å². The summed E-state index contributed by atoms with van der Waals surface area (Å²) in [6.07, 6.45) is 2.99. The molecule has 2 rings (SSSR count). The molecule has 0 saturated heterocycles. The molecule has 0 amide bonds. The molecule has 2 N–H and O–H groups in total. The molecular formula is C11H11BrN2O3S2. The Labute approximate surface area is 123 Å².